The highest BCUT2D eigenvalue weighted by Crippen LogP contribution is 2.50. The normalized spacial score (nSPS) is 37.2. The molecule has 2 nitrogen and oxygen atoms in total. The van der Waals surface area contributed by atoms with Crippen molar-refractivity contribution in [1.82, 2.24) is 4.90 Å². The summed E-state index contributed by atoms with van der Waals surface area (Å²) in [5.74, 6) is 0. The molecule has 2 aliphatic rings. The summed E-state index contributed by atoms with van der Waals surface area (Å²) in [6.45, 7) is 6.80. The summed E-state index contributed by atoms with van der Waals surface area (Å²) in [5, 5.41) is 9.52. The van der Waals surface area contributed by atoms with Gasteiger partial charge in [0.25, 0.3) is 0 Å². The maximum atomic E-state index is 9.52. The van der Waals surface area contributed by atoms with Crippen molar-refractivity contribution in [2.24, 2.45) is 5.41 Å². The summed E-state index contributed by atoms with van der Waals surface area (Å²) in [7, 11) is 0. The average molecular weight is 192 g/mol. The Labute approximate surface area is 86.9 Å². The molecule has 2 fully saturated rings. The zero-order valence-corrected chi connectivity index (χ0v) is 9.34. The third-order valence-electron chi connectivity index (χ3n) is 4.29. The first-order valence-corrected chi connectivity index (χ1v) is 5.79. The van der Waals surface area contributed by atoms with Crippen LogP contribution >= 0.6 is 0 Å². The van der Waals surface area contributed by atoms with Gasteiger partial charge in [0.2, 0.25) is 0 Å². The van der Waals surface area contributed by atoms with Gasteiger partial charge in [-0.2, -0.15) is 5.26 Å². The molecule has 2 heteroatoms. The molecule has 0 aromatic heterocycles. The molecule has 0 amide bonds. The molecule has 0 N–H and O–H groups in total. The Morgan fingerprint density at radius 2 is 1.71 bits per heavy atom. The molecular weight excluding hydrogens is 172 g/mol. The van der Waals surface area contributed by atoms with E-state index < -0.39 is 0 Å². The lowest BCUT2D eigenvalue weighted by atomic mass is 9.75. The van der Waals surface area contributed by atoms with E-state index in [-0.39, 0.29) is 11.0 Å². The van der Waals surface area contributed by atoms with Gasteiger partial charge in [0, 0.05) is 0 Å². The summed E-state index contributed by atoms with van der Waals surface area (Å²) < 4.78 is 0. The molecule has 0 aromatic carbocycles. The van der Waals surface area contributed by atoms with Crippen LogP contribution in [0.15, 0.2) is 0 Å². The standard InChI is InChI=1S/C12H20N2/c1-11(2)6-5-7-12(11,10-13)14-8-3-4-9-14/h3-9H2,1-2H3. The Kier molecular flexibility index (Phi) is 2.31. The highest BCUT2D eigenvalue weighted by Gasteiger charge is 2.53. The first-order valence-electron chi connectivity index (χ1n) is 5.79. The Balaban J connectivity index is 2.29. The maximum Gasteiger partial charge on any atom is 0.114 e. The predicted octanol–water partition coefficient (Wildman–Crippen LogP) is 2.55. The zero-order valence-electron chi connectivity index (χ0n) is 9.34. The molecule has 1 aliphatic heterocycles. The lowest BCUT2D eigenvalue weighted by Crippen LogP contribution is -2.53. The highest BCUT2D eigenvalue weighted by atomic mass is 15.2. The number of rotatable bonds is 1. The number of hydrogen-bond acceptors (Lipinski definition) is 2. The third kappa shape index (κ3) is 1.19. The van der Waals surface area contributed by atoms with E-state index in [4.69, 9.17) is 0 Å². The average Bonchev–Trinajstić information content (AvgIpc) is 2.72. The molecule has 1 saturated heterocycles. The second-order valence-corrected chi connectivity index (χ2v) is 5.40. The van der Waals surface area contributed by atoms with Crippen molar-refractivity contribution in [3.05, 3.63) is 0 Å². The van der Waals surface area contributed by atoms with E-state index in [1.807, 2.05) is 0 Å². The van der Waals surface area contributed by atoms with Crippen LogP contribution in [0, 0.1) is 16.7 Å². The van der Waals surface area contributed by atoms with Gasteiger partial charge in [0.15, 0.2) is 0 Å². The fourth-order valence-corrected chi connectivity index (χ4v) is 3.29. The lowest BCUT2D eigenvalue weighted by molar-refractivity contribution is 0.0751. The van der Waals surface area contributed by atoms with Crippen molar-refractivity contribution in [1.29, 1.82) is 5.26 Å². The topological polar surface area (TPSA) is 27.0 Å². The number of hydrogen-bond donors (Lipinski definition) is 0. The zero-order chi connectivity index (χ0) is 10.2. The van der Waals surface area contributed by atoms with E-state index in [1.54, 1.807) is 0 Å². The van der Waals surface area contributed by atoms with E-state index in [0.29, 0.717) is 0 Å². The first-order chi connectivity index (χ1) is 6.62. The van der Waals surface area contributed by atoms with Gasteiger partial charge in [0.1, 0.15) is 5.54 Å². The molecule has 1 aliphatic carbocycles. The lowest BCUT2D eigenvalue weighted by Gasteiger charge is -2.42. The molecule has 1 heterocycles. The van der Waals surface area contributed by atoms with Crippen molar-refractivity contribution in [2.45, 2.75) is 51.5 Å². The molecule has 78 valence electrons. The molecule has 0 spiro atoms. The monoisotopic (exact) mass is 192 g/mol. The maximum absolute atomic E-state index is 9.52. The third-order valence-corrected chi connectivity index (χ3v) is 4.29. The molecule has 0 aromatic rings. The smallest absolute Gasteiger partial charge is 0.114 e. The summed E-state index contributed by atoms with van der Waals surface area (Å²) in [4.78, 5) is 2.44. The summed E-state index contributed by atoms with van der Waals surface area (Å²) >= 11 is 0. The molecule has 1 saturated carbocycles. The molecule has 14 heavy (non-hydrogen) atoms. The van der Waals surface area contributed by atoms with Gasteiger partial charge < -0.3 is 0 Å². The van der Waals surface area contributed by atoms with Gasteiger partial charge >= 0.3 is 0 Å². The van der Waals surface area contributed by atoms with Crippen LogP contribution in [0.5, 0.6) is 0 Å². The van der Waals surface area contributed by atoms with E-state index in [1.165, 1.54) is 25.7 Å². The van der Waals surface area contributed by atoms with Gasteiger partial charge in [0.05, 0.1) is 6.07 Å². The Hall–Kier alpha value is -0.550. The minimum absolute atomic E-state index is 0.149. The van der Waals surface area contributed by atoms with Crippen molar-refractivity contribution >= 4 is 0 Å². The van der Waals surface area contributed by atoms with Crippen LogP contribution < -0.4 is 0 Å². The van der Waals surface area contributed by atoms with E-state index in [9.17, 15) is 5.26 Å². The van der Waals surface area contributed by atoms with Crippen molar-refractivity contribution in [3.63, 3.8) is 0 Å². The Morgan fingerprint density at radius 1 is 1.07 bits per heavy atom. The SMILES string of the molecule is CC1(C)CCCC1(C#N)N1CCCC1. The fourth-order valence-electron chi connectivity index (χ4n) is 3.29. The quantitative estimate of drug-likeness (QED) is 0.638. The minimum atomic E-state index is -0.149. The number of likely N-dealkylation sites (tertiary alicyclic amines) is 1. The first kappa shape index (κ1) is 9.98. The van der Waals surface area contributed by atoms with Crippen LogP contribution in [-0.2, 0) is 0 Å². The van der Waals surface area contributed by atoms with Gasteiger partial charge in [-0.1, -0.05) is 13.8 Å². The number of nitrogens with zero attached hydrogens (tertiary/aromatic N) is 2. The van der Waals surface area contributed by atoms with Crippen LogP contribution in [0.2, 0.25) is 0 Å². The van der Waals surface area contributed by atoms with E-state index >= 15 is 0 Å². The van der Waals surface area contributed by atoms with Crippen LogP contribution in [0.1, 0.15) is 46.0 Å². The van der Waals surface area contributed by atoms with Gasteiger partial charge in [-0.05, 0) is 50.6 Å². The molecule has 0 radical (unpaired) electrons. The number of nitriles is 1. The van der Waals surface area contributed by atoms with E-state index in [2.05, 4.69) is 24.8 Å². The molecule has 2 rings (SSSR count). The van der Waals surface area contributed by atoms with Gasteiger partial charge in [-0.25, -0.2) is 0 Å². The Morgan fingerprint density at radius 3 is 2.14 bits per heavy atom. The van der Waals surface area contributed by atoms with Crippen molar-refractivity contribution in [2.75, 3.05) is 13.1 Å². The molecular formula is C12H20N2. The largest absolute Gasteiger partial charge is 0.285 e. The summed E-state index contributed by atoms with van der Waals surface area (Å²) in [5.41, 5.74) is 0.0373. The second-order valence-electron chi connectivity index (χ2n) is 5.40. The fraction of sp³-hybridized carbons (Fsp3) is 0.917. The van der Waals surface area contributed by atoms with Crippen LogP contribution in [0.3, 0.4) is 0 Å². The molecule has 1 atom stereocenters. The van der Waals surface area contributed by atoms with Crippen LogP contribution in [0.4, 0.5) is 0 Å². The summed E-state index contributed by atoms with van der Waals surface area (Å²) in [6.07, 6.45) is 6.06. The van der Waals surface area contributed by atoms with Gasteiger partial charge in [-0.3, -0.25) is 4.90 Å². The predicted molar refractivity (Wildman–Crippen MR) is 56.8 cm³/mol. The highest BCUT2D eigenvalue weighted by molar-refractivity contribution is 5.19. The summed E-state index contributed by atoms with van der Waals surface area (Å²) in [6, 6.07) is 2.64. The molecule has 1 unspecified atom stereocenters. The van der Waals surface area contributed by atoms with Crippen LogP contribution in [0.25, 0.3) is 0 Å². The van der Waals surface area contributed by atoms with E-state index in [0.717, 1.165) is 19.5 Å². The minimum Gasteiger partial charge on any atom is -0.285 e. The molecule has 0 bridgehead atoms. The Bertz CT molecular complexity index is 258. The van der Waals surface area contributed by atoms with Crippen molar-refractivity contribution < 1.29 is 0 Å². The second kappa shape index (κ2) is 3.24. The van der Waals surface area contributed by atoms with Crippen LogP contribution in [-0.4, -0.2) is 23.5 Å². The van der Waals surface area contributed by atoms with Crippen molar-refractivity contribution in [3.8, 4) is 6.07 Å². The van der Waals surface area contributed by atoms with Gasteiger partial charge in [-0.15, -0.1) is 0 Å².